The summed E-state index contributed by atoms with van der Waals surface area (Å²) in [4.78, 5) is 18.2. The third-order valence-corrected chi connectivity index (χ3v) is 2.76. The third kappa shape index (κ3) is 4.65. The number of rotatable bonds is 5. The van der Waals surface area contributed by atoms with Crippen molar-refractivity contribution in [3.8, 4) is 11.8 Å². The van der Waals surface area contributed by atoms with Gasteiger partial charge in [-0.1, -0.05) is 11.8 Å². The first-order chi connectivity index (χ1) is 9.60. The van der Waals surface area contributed by atoms with Crippen LogP contribution in [0.2, 0.25) is 0 Å². The van der Waals surface area contributed by atoms with Crippen molar-refractivity contribution in [1.29, 1.82) is 0 Å². The molecule has 1 aromatic heterocycles. The average molecular weight is 275 g/mol. The van der Waals surface area contributed by atoms with Crippen molar-refractivity contribution >= 4 is 5.91 Å². The maximum atomic E-state index is 12.3. The molecule has 1 rings (SSSR count). The van der Waals surface area contributed by atoms with Crippen molar-refractivity contribution in [2.45, 2.75) is 26.3 Å². The Bertz CT molecular complexity index is 486. The molecule has 3 N–H and O–H groups in total. The van der Waals surface area contributed by atoms with E-state index < -0.39 is 0 Å². The fraction of sp³-hybridized carbons (Fsp3) is 0.467. The molecule has 0 fully saturated rings. The minimum atomic E-state index is -0.133. The van der Waals surface area contributed by atoms with Gasteiger partial charge in [0.05, 0.1) is 6.54 Å². The SMILES string of the molecule is CC(C)N(CCCO)C(=O)c1ccc(C#CCN)cn1. The Morgan fingerprint density at radius 3 is 2.75 bits per heavy atom. The van der Waals surface area contributed by atoms with E-state index in [4.69, 9.17) is 10.8 Å². The van der Waals surface area contributed by atoms with Crippen LogP contribution in [0.15, 0.2) is 18.3 Å². The molecule has 1 aromatic rings. The molecule has 0 atom stereocenters. The van der Waals surface area contributed by atoms with Crippen molar-refractivity contribution < 1.29 is 9.90 Å². The molecule has 0 saturated heterocycles. The van der Waals surface area contributed by atoms with Crippen molar-refractivity contribution in [3.63, 3.8) is 0 Å². The molecule has 0 unspecified atom stereocenters. The van der Waals surface area contributed by atoms with Gasteiger partial charge in [0.1, 0.15) is 5.69 Å². The van der Waals surface area contributed by atoms with Gasteiger partial charge in [0.25, 0.3) is 5.91 Å². The van der Waals surface area contributed by atoms with Crippen molar-refractivity contribution in [1.82, 2.24) is 9.88 Å². The lowest BCUT2D eigenvalue weighted by molar-refractivity contribution is 0.0687. The molecule has 5 nitrogen and oxygen atoms in total. The first kappa shape index (κ1) is 16.2. The zero-order chi connectivity index (χ0) is 15.0. The Labute approximate surface area is 119 Å². The molecule has 108 valence electrons. The molecule has 0 aliphatic heterocycles. The Hall–Kier alpha value is -1.90. The lowest BCUT2D eigenvalue weighted by atomic mass is 10.2. The molecular weight excluding hydrogens is 254 g/mol. The highest BCUT2D eigenvalue weighted by atomic mass is 16.3. The summed E-state index contributed by atoms with van der Waals surface area (Å²) < 4.78 is 0. The number of hydrogen-bond acceptors (Lipinski definition) is 4. The second kappa shape index (κ2) is 8.31. The molecule has 1 heterocycles. The van der Waals surface area contributed by atoms with Crippen LogP contribution in [-0.2, 0) is 0 Å². The lowest BCUT2D eigenvalue weighted by Crippen LogP contribution is -2.38. The van der Waals surface area contributed by atoms with E-state index >= 15 is 0 Å². The summed E-state index contributed by atoms with van der Waals surface area (Å²) in [5.41, 5.74) is 6.42. The van der Waals surface area contributed by atoms with Crippen LogP contribution in [0.4, 0.5) is 0 Å². The van der Waals surface area contributed by atoms with Gasteiger partial charge in [-0.25, -0.2) is 4.98 Å². The van der Waals surface area contributed by atoms with E-state index in [2.05, 4.69) is 16.8 Å². The molecule has 0 aliphatic rings. The zero-order valence-corrected chi connectivity index (χ0v) is 12.0. The van der Waals surface area contributed by atoms with Crippen LogP contribution in [0.25, 0.3) is 0 Å². The monoisotopic (exact) mass is 275 g/mol. The largest absolute Gasteiger partial charge is 0.396 e. The second-order valence-electron chi connectivity index (χ2n) is 4.61. The van der Waals surface area contributed by atoms with E-state index in [1.807, 2.05) is 13.8 Å². The summed E-state index contributed by atoms with van der Waals surface area (Å²) in [7, 11) is 0. The fourth-order valence-electron chi connectivity index (χ4n) is 1.73. The smallest absolute Gasteiger partial charge is 0.272 e. The van der Waals surface area contributed by atoms with Crippen LogP contribution in [0.3, 0.4) is 0 Å². The summed E-state index contributed by atoms with van der Waals surface area (Å²) in [6.45, 7) is 4.76. The predicted molar refractivity (Wildman–Crippen MR) is 78.0 cm³/mol. The molecular formula is C15H21N3O2. The van der Waals surface area contributed by atoms with Crippen molar-refractivity contribution in [3.05, 3.63) is 29.6 Å². The van der Waals surface area contributed by atoms with Crippen molar-refractivity contribution in [2.75, 3.05) is 19.7 Å². The minimum Gasteiger partial charge on any atom is -0.396 e. The van der Waals surface area contributed by atoms with E-state index in [0.717, 1.165) is 5.56 Å². The second-order valence-corrected chi connectivity index (χ2v) is 4.61. The van der Waals surface area contributed by atoms with Gasteiger partial charge in [0, 0.05) is 31.0 Å². The highest BCUT2D eigenvalue weighted by Gasteiger charge is 2.19. The van der Waals surface area contributed by atoms with E-state index in [9.17, 15) is 4.79 Å². The zero-order valence-electron chi connectivity index (χ0n) is 12.0. The number of carbonyl (C=O) groups is 1. The Kier molecular flexibility index (Phi) is 6.71. The maximum Gasteiger partial charge on any atom is 0.272 e. The topological polar surface area (TPSA) is 79.5 Å². The van der Waals surface area contributed by atoms with Gasteiger partial charge in [0.15, 0.2) is 0 Å². The fourth-order valence-corrected chi connectivity index (χ4v) is 1.73. The van der Waals surface area contributed by atoms with Crippen LogP contribution >= 0.6 is 0 Å². The lowest BCUT2D eigenvalue weighted by Gasteiger charge is -2.26. The summed E-state index contributed by atoms with van der Waals surface area (Å²) in [6, 6.07) is 3.48. The van der Waals surface area contributed by atoms with Crippen LogP contribution in [0, 0.1) is 11.8 Å². The van der Waals surface area contributed by atoms with Gasteiger partial charge in [-0.05, 0) is 32.4 Å². The van der Waals surface area contributed by atoms with Gasteiger partial charge in [0.2, 0.25) is 0 Å². The molecule has 0 saturated carbocycles. The number of carbonyl (C=O) groups excluding carboxylic acids is 1. The number of pyridine rings is 1. The number of aliphatic hydroxyl groups excluding tert-OH is 1. The Morgan fingerprint density at radius 1 is 1.50 bits per heavy atom. The van der Waals surface area contributed by atoms with Crippen molar-refractivity contribution in [2.24, 2.45) is 5.73 Å². The molecule has 5 heteroatoms. The van der Waals surface area contributed by atoms with Gasteiger partial charge in [-0.2, -0.15) is 0 Å². The van der Waals surface area contributed by atoms with E-state index in [-0.39, 0.29) is 18.6 Å². The highest BCUT2D eigenvalue weighted by Crippen LogP contribution is 2.08. The van der Waals surface area contributed by atoms with E-state index in [0.29, 0.717) is 25.2 Å². The first-order valence-electron chi connectivity index (χ1n) is 6.67. The number of amides is 1. The quantitative estimate of drug-likeness (QED) is 0.772. The van der Waals surface area contributed by atoms with E-state index in [1.165, 1.54) is 0 Å². The molecule has 0 radical (unpaired) electrons. The average Bonchev–Trinajstić information content (AvgIpc) is 2.45. The predicted octanol–water partition coefficient (Wildman–Crippen LogP) is 0.625. The van der Waals surface area contributed by atoms with Gasteiger partial charge < -0.3 is 15.7 Å². The Morgan fingerprint density at radius 2 is 2.25 bits per heavy atom. The normalized spacial score (nSPS) is 10.1. The molecule has 1 amide bonds. The third-order valence-electron chi connectivity index (χ3n) is 2.76. The number of aromatic nitrogens is 1. The summed E-state index contributed by atoms with van der Waals surface area (Å²) in [5, 5.41) is 8.89. The summed E-state index contributed by atoms with van der Waals surface area (Å²) in [6.07, 6.45) is 2.13. The van der Waals surface area contributed by atoms with Crippen LogP contribution in [-0.4, -0.2) is 46.6 Å². The first-order valence-corrected chi connectivity index (χ1v) is 6.67. The number of nitrogens with zero attached hydrogens (tertiary/aromatic N) is 2. The van der Waals surface area contributed by atoms with E-state index in [1.54, 1.807) is 23.2 Å². The van der Waals surface area contributed by atoms with Gasteiger partial charge in [-0.15, -0.1) is 0 Å². The highest BCUT2D eigenvalue weighted by molar-refractivity contribution is 5.92. The maximum absolute atomic E-state index is 12.3. The standard InChI is InChI=1S/C15H21N3O2/c1-12(2)18(9-4-10-19)15(20)14-7-6-13(11-17-14)5-3-8-16/h6-7,11-12,19H,4,8-10,16H2,1-2H3. The van der Waals surface area contributed by atoms with Crippen LogP contribution in [0.5, 0.6) is 0 Å². The van der Waals surface area contributed by atoms with Gasteiger partial charge >= 0.3 is 0 Å². The molecule has 20 heavy (non-hydrogen) atoms. The summed E-state index contributed by atoms with van der Waals surface area (Å²) in [5.74, 6) is 5.47. The molecule has 0 aromatic carbocycles. The molecule has 0 bridgehead atoms. The number of hydrogen-bond donors (Lipinski definition) is 2. The van der Waals surface area contributed by atoms with Gasteiger partial charge in [-0.3, -0.25) is 4.79 Å². The summed E-state index contributed by atoms with van der Waals surface area (Å²) >= 11 is 0. The van der Waals surface area contributed by atoms with Crippen LogP contribution < -0.4 is 5.73 Å². The number of aliphatic hydroxyl groups is 1. The van der Waals surface area contributed by atoms with Crippen LogP contribution in [0.1, 0.15) is 36.3 Å². The molecule has 0 aliphatic carbocycles. The molecule has 0 spiro atoms. The Balaban J connectivity index is 2.83. The number of nitrogens with two attached hydrogens (primary N) is 1. The minimum absolute atomic E-state index is 0.0626.